The van der Waals surface area contributed by atoms with Gasteiger partial charge in [0.25, 0.3) is 5.56 Å². The molecule has 1 aromatic heterocycles. The SMILES string of the molecule is C=C/C=C\C=C\C1=CC=C(C#Cc2cn(C3OC(C)C(C)C3C)c(=O)[nH]c2=O)C1. The molecule has 2 heterocycles. The van der Waals surface area contributed by atoms with E-state index >= 15 is 0 Å². The van der Waals surface area contributed by atoms with E-state index in [0.29, 0.717) is 12.3 Å². The lowest BCUT2D eigenvalue weighted by Crippen LogP contribution is -2.35. The Morgan fingerprint density at radius 1 is 1.14 bits per heavy atom. The molecular formula is C24H26N2O3. The van der Waals surface area contributed by atoms with Crippen LogP contribution in [0.4, 0.5) is 0 Å². The second-order valence-electron chi connectivity index (χ2n) is 7.50. The average molecular weight is 390 g/mol. The highest BCUT2D eigenvalue weighted by Gasteiger charge is 2.38. The van der Waals surface area contributed by atoms with Crippen LogP contribution in [0.15, 0.2) is 76.0 Å². The summed E-state index contributed by atoms with van der Waals surface area (Å²) in [5.41, 5.74) is 1.36. The van der Waals surface area contributed by atoms with E-state index in [9.17, 15) is 9.59 Å². The number of H-pyrrole nitrogens is 1. The predicted molar refractivity (Wildman–Crippen MR) is 115 cm³/mol. The molecule has 0 amide bonds. The minimum Gasteiger partial charge on any atom is -0.354 e. The summed E-state index contributed by atoms with van der Waals surface area (Å²) in [6.07, 6.45) is 15.3. The van der Waals surface area contributed by atoms with E-state index in [2.05, 4.69) is 37.3 Å². The number of nitrogens with zero attached hydrogens (tertiary/aromatic N) is 1. The highest BCUT2D eigenvalue weighted by molar-refractivity contribution is 5.48. The molecule has 0 spiro atoms. The third-order valence-electron chi connectivity index (χ3n) is 5.54. The van der Waals surface area contributed by atoms with Crippen LogP contribution in [-0.4, -0.2) is 15.7 Å². The van der Waals surface area contributed by atoms with Gasteiger partial charge in [-0.05, 0) is 18.4 Å². The number of hydrogen-bond donors (Lipinski definition) is 1. The van der Waals surface area contributed by atoms with Gasteiger partial charge in [0.1, 0.15) is 11.8 Å². The third kappa shape index (κ3) is 4.67. The fraction of sp³-hybridized carbons (Fsp3) is 0.333. The summed E-state index contributed by atoms with van der Waals surface area (Å²) >= 11 is 0. The van der Waals surface area contributed by atoms with Crippen molar-refractivity contribution in [3.8, 4) is 11.8 Å². The van der Waals surface area contributed by atoms with Crippen LogP contribution in [0.2, 0.25) is 0 Å². The highest BCUT2D eigenvalue weighted by atomic mass is 16.5. The Bertz CT molecular complexity index is 1090. The molecule has 1 N–H and O–H groups in total. The summed E-state index contributed by atoms with van der Waals surface area (Å²) in [5, 5.41) is 0. The smallest absolute Gasteiger partial charge is 0.330 e. The summed E-state index contributed by atoms with van der Waals surface area (Å²) < 4.78 is 7.40. The molecule has 0 radical (unpaired) electrons. The number of hydrogen-bond acceptors (Lipinski definition) is 3. The summed E-state index contributed by atoms with van der Waals surface area (Å²) in [6, 6.07) is 0. The molecule has 5 nitrogen and oxygen atoms in total. The van der Waals surface area contributed by atoms with Crippen LogP contribution in [0.25, 0.3) is 0 Å². The molecule has 2 aliphatic rings. The minimum absolute atomic E-state index is 0.0471. The zero-order chi connectivity index (χ0) is 21.0. The monoisotopic (exact) mass is 390 g/mol. The lowest BCUT2D eigenvalue weighted by molar-refractivity contribution is -0.00764. The van der Waals surface area contributed by atoms with E-state index < -0.39 is 17.5 Å². The zero-order valence-corrected chi connectivity index (χ0v) is 17.0. The zero-order valence-electron chi connectivity index (χ0n) is 17.0. The maximum Gasteiger partial charge on any atom is 0.330 e. The molecule has 150 valence electrons. The Morgan fingerprint density at radius 2 is 1.93 bits per heavy atom. The van der Waals surface area contributed by atoms with Gasteiger partial charge in [0.2, 0.25) is 0 Å². The summed E-state index contributed by atoms with van der Waals surface area (Å²) in [7, 11) is 0. The predicted octanol–water partition coefficient (Wildman–Crippen LogP) is 3.63. The first-order chi connectivity index (χ1) is 13.9. The molecular weight excluding hydrogens is 364 g/mol. The molecule has 0 aromatic carbocycles. The van der Waals surface area contributed by atoms with Crippen LogP contribution in [-0.2, 0) is 4.74 Å². The molecule has 1 saturated heterocycles. The van der Waals surface area contributed by atoms with Gasteiger partial charge in [-0.3, -0.25) is 14.3 Å². The van der Waals surface area contributed by atoms with Crippen molar-refractivity contribution in [2.24, 2.45) is 11.8 Å². The Kier molecular flexibility index (Phi) is 6.36. The van der Waals surface area contributed by atoms with Crippen molar-refractivity contribution >= 4 is 0 Å². The van der Waals surface area contributed by atoms with Crippen molar-refractivity contribution in [3.05, 3.63) is 92.9 Å². The van der Waals surface area contributed by atoms with Crippen molar-refractivity contribution in [3.63, 3.8) is 0 Å². The van der Waals surface area contributed by atoms with Gasteiger partial charge < -0.3 is 4.74 Å². The van der Waals surface area contributed by atoms with Crippen LogP contribution >= 0.6 is 0 Å². The fourth-order valence-electron chi connectivity index (χ4n) is 3.45. The van der Waals surface area contributed by atoms with E-state index in [1.807, 2.05) is 43.4 Å². The third-order valence-corrected chi connectivity index (χ3v) is 5.54. The van der Waals surface area contributed by atoms with Gasteiger partial charge in [-0.1, -0.05) is 74.8 Å². The van der Waals surface area contributed by atoms with E-state index in [1.54, 1.807) is 6.08 Å². The second-order valence-corrected chi connectivity index (χ2v) is 7.50. The largest absolute Gasteiger partial charge is 0.354 e. The molecule has 4 atom stereocenters. The molecule has 29 heavy (non-hydrogen) atoms. The Morgan fingerprint density at radius 3 is 2.62 bits per heavy atom. The van der Waals surface area contributed by atoms with Crippen molar-refractivity contribution in [1.29, 1.82) is 0 Å². The molecule has 5 heteroatoms. The maximum atomic E-state index is 12.3. The molecule has 4 unspecified atom stereocenters. The van der Waals surface area contributed by atoms with E-state index in [1.165, 1.54) is 10.8 Å². The Labute approximate surface area is 170 Å². The summed E-state index contributed by atoms with van der Waals surface area (Å²) in [6.45, 7) is 9.78. The number of aromatic nitrogens is 2. The van der Waals surface area contributed by atoms with E-state index in [-0.39, 0.29) is 17.6 Å². The Hall–Kier alpha value is -3.10. The average Bonchev–Trinajstić information content (AvgIpc) is 3.25. The summed E-state index contributed by atoms with van der Waals surface area (Å²) in [4.78, 5) is 26.9. The van der Waals surface area contributed by atoms with Crippen molar-refractivity contribution < 1.29 is 4.74 Å². The van der Waals surface area contributed by atoms with E-state index in [4.69, 9.17) is 4.74 Å². The van der Waals surface area contributed by atoms with Gasteiger partial charge >= 0.3 is 5.69 Å². The van der Waals surface area contributed by atoms with Crippen molar-refractivity contribution in [2.45, 2.75) is 39.5 Å². The van der Waals surface area contributed by atoms with Crippen LogP contribution in [0, 0.1) is 23.7 Å². The lowest BCUT2D eigenvalue weighted by atomic mass is 9.93. The minimum atomic E-state index is -0.480. The van der Waals surface area contributed by atoms with Gasteiger partial charge in [0.05, 0.1) is 6.10 Å². The lowest BCUT2D eigenvalue weighted by Gasteiger charge is -2.18. The number of rotatable bonds is 4. The number of aromatic amines is 1. The van der Waals surface area contributed by atoms with Crippen LogP contribution in [0.1, 0.15) is 39.0 Å². The van der Waals surface area contributed by atoms with Gasteiger partial charge in [-0.25, -0.2) is 4.79 Å². The second kappa shape index (κ2) is 8.93. The Balaban J connectivity index is 1.78. The molecule has 1 fully saturated rings. The van der Waals surface area contributed by atoms with Crippen LogP contribution in [0.5, 0.6) is 0 Å². The standard InChI is InChI=1S/C24H26N2O3/c1-5-6-7-8-9-19-10-11-20(14-19)12-13-21-15-26(24(28)25-22(21)27)23-17(3)16(2)18(4)29-23/h5-11,15-18,23H,1,14H2,2-4H3,(H,25,27,28)/b7-6-,9-8+. The molecule has 3 rings (SSSR count). The van der Waals surface area contributed by atoms with Gasteiger partial charge in [0.15, 0.2) is 0 Å². The van der Waals surface area contributed by atoms with Gasteiger partial charge in [-0.2, -0.15) is 0 Å². The molecule has 0 saturated carbocycles. The number of nitrogens with one attached hydrogen (secondary N) is 1. The first kappa shape index (κ1) is 20.6. The quantitative estimate of drug-likeness (QED) is 0.631. The summed E-state index contributed by atoms with van der Waals surface area (Å²) in [5.74, 6) is 6.44. The van der Waals surface area contributed by atoms with Gasteiger partial charge in [-0.15, -0.1) is 0 Å². The highest BCUT2D eigenvalue weighted by Crippen LogP contribution is 2.37. The molecule has 1 aromatic rings. The first-order valence-corrected chi connectivity index (χ1v) is 9.79. The fourth-order valence-corrected chi connectivity index (χ4v) is 3.45. The van der Waals surface area contributed by atoms with Crippen LogP contribution < -0.4 is 11.2 Å². The van der Waals surface area contributed by atoms with Crippen molar-refractivity contribution in [2.75, 3.05) is 0 Å². The molecule has 1 aliphatic carbocycles. The number of ether oxygens (including phenoxy) is 1. The molecule has 0 bridgehead atoms. The molecule has 1 aliphatic heterocycles. The van der Waals surface area contributed by atoms with Gasteiger partial charge in [0, 0.05) is 24.1 Å². The normalized spacial score (nSPS) is 26.4. The number of allylic oxidation sites excluding steroid dienone is 9. The van der Waals surface area contributed by atoms with Crippen molar-refractivity contribution in [1.82, 2.24) is 9.55 Å². The first-order valence-electron chi connectivity index (χ1n) is 9.79. The van der Waals surface area contributed by atoms with Crippen LogP contribution in [0.3, 0.4) is 0 Å². The topological polar surface area (TPSA) is 64.1 Å². The van der Waals surface area contributed by atoms with E-state index in [0.717, 1.165) is 11.1 Å². The maximum absolute atomic E-state index is 12.3.